The minimum absolute atomic E-state index is 0.0161. The highest BCUT2D eigenvalue weighted by Gasteiger charge is 2.36. The number of β-amino-alcohol motifs (C(OH)–C–C–N with tert-alkyl or cyclic N) is 1. The number of aliphatic hydroxyl groups is 1. The van der Waals surface area contributed by atoms with Gasteiger partial charge in [0.2, 0.25) is 0 Å². The summed E-state index contributed by atoms with van der Waals surface area (Å²) in [6, 6.07) is 0. The van der Waals surface area contributed by atoms with Crippen molar-refractivity contribution in [2.75, 3.05) is 19.8 Å². The summed E-state index contributed by atoms with van der Waals surface area (Å²) in [6.07, 6.45) is 7.34. The van der Waals surface area contributed by atoms with E-state index in [0.29, 0.717) is 25.2 Å². The van der Waals surface area contributed by atoms with E-state index in [1.54, 1.807) is 0 Å². The Morgan fingerprint density at radius 3 is 2.81 bits per heavy atom. The van der Waals surface area contributed by atoms with E-state index in [-0.39, 0.29) is 11.6 Å². The molecular formula is C17H33NO3. The number of nitrogens with one attached hydrogen (secondary N) is 1. The van der Waals surface area contributed by atoms with Crippen LogP contribution in [0.1, 0.15) is 59.3 Å². The van der Waals surface area contributed by atoms with Gasteiger partial charge < -0.3 is 19.9 Å². The summed E-state index contributed by atoms with van der Waals surface area (Å²) in [4.78, 5) is 0. The highest BCUT2D eigenvalue weighted by molar-refractivity contribution is 4.93. The van der Waals surface area contributed by atoms with Crippen molar-refractivity contribution in [3.8, 4) is 0 Å². The first-order valence-electron chi connectivity index (χ1n) is 8.71. The van der Waals surface area contributed by atoms with Crippen molar-refractivity contribution < 1.29 is 14.6 Å². The maximum atomic E-state index is 10.2. The fraction of sp³-hybridized carbons (Fsp3) is 1.00. The molecule has 0 aromatic rings. The molecule has 5 unspecified atom stereocenters. The number of ether oxygens (including phenoxy) is 2. The number of aliphatic hydroxyl groups excluding tert-OH is 1. The SMILES string of the molecule is CCC1CCCCC1OCC(O)CNC1(C)CCOC1C. The molecule has 1 saturated heterocycles. The van der Waals surface area contributed by atoms with Gasteiger partial charge in [-0.3, -0.25) is 0 Å². The first-order chi connectivity index (χ1) is 10.0. The highest BCUT2D eigenvalue weighted by Crippen LogP contribution is 2.29. The van der Waals surface area contributed by atoms with Gasteiger partial charge in [0.1, 0.15) is 0 Å². The van der Waals surface area contributed by atoms with Gasteiger partial charge in [-0.05, 0) is 39.0 Å². The second-order valence-electron chi connectivity index (χ2n) is 7.04. The molecular weight excluding hydrogens is 266 g/mol. The smallest absolute Gasteiger partial charge is 0.0898 e. The summed E-state index contributed by atoms with van der Waals surface area (Å²) in [5.74, 6) is 0.680. The zero-order valence-corrected chi connectivity index (χ0v) is 13.9. The van der Waals surface area contributed by atoms with E-state index in [2.05, 4.69) is 26.1 Å². The molecule has 5 atom stereocenters. The fourth-order valence-electron chi connectivity index (χ4n) is 3.57. The van der Waals surface area contributed by atoms with Crippen LogP contribution < -0.4 is 5.32 Å². The van der Waals surface area contributed by atoms with Crippen molar-refractivity contribution in [1.29, 1.82) is 0 Å². The lowest BCUT2D eigenvalue weighted by Gasteiger charge is -2.33. The van der Waals surface area contributed by atoms with Crippen LogP contribution in [0, 0.1) is 5.92 Å². The third-order valence-corrected chi connectivity index (χ3v) is 5.49. The Labute approximate surface area is 129 Å². The maximum Gasteiger partial charge on any atom is 0.0898 e. The van der Waals surface area contributed by atoms with Crippen LogP contribution in [0.3, 0.4) is 0 Å². The Balaban J connectivity index is 1.68. The average molecular weight is 299 g/mol. The molecule has 0 spiro atoms. The molecule has 21 heavy (non-hydrogen) atoms. The number of hydrogen-bond acceptors (Lipinski definition) is 4. The van der Waals surface area contributed by atoms with Gasteiger partial charge in [-0.25, -0.2) is 0 Å². The third-order valence-electron chi connectivity index (χ3n) is 5.49. The Bertz CT molecular complexity index is 312. The molecule has 4 nitrogen and oxygen atoms in total. The molecule has 0 radical (unpaired) electrons. The second-order valence-corrected chi connectivity index (χ2v) is 7.04. The molecule has 124 valence electrons. The van der Waals surface area contributed by atoms with Crippen LogP contribution in [0.4, 0.5) is 0 Å². The Kier molecular flexibility index (Phi) is 6.48. The monoisotopic (exact) mass is 299 g/mol. The lowest BCUT2D eigenvalue weighted by atomic mass is 9.85. The summed E-state index contributed by atoms with van der Waals surface area (Å²) in [5.41, 5.74) is -0.0161. The van der Waals surface area contributed by atoms with Gasteiger partial charge in [-0.15, -0.1) is 0 Å². The van der Waals surface area contributed by atoms with Crippen molar-refractivity contribution in [2.24, 2.45) is 5.92 Å². The first-order valence-corrected chi connectivity index (χ1v) is 8.71. The van der Waals surface area contributed by atoms with Crippen molar-refractivity contribution in [3.05, 3.63) is 0 Å². The Morgan fingerprint density at radius 2 is 2.14 bits per heavy atom. The van der Waals surface area contributed by atoms with Crippen LogP contribution in [-0.2, 0) is 9.47 Å². The van der Waals surface area contributed by atoms with Gasteiger partial charge in [0.15, 0.2) is 0 Å². The number of hydrogen-bond donors (Lipinski definition) is 2. The van der Waals surface area contributed by atoms with Gasteiger partial charge in [-0.1, -0.05) is 26.2 Å². The number of rotatable bonds is 7. The van der Waals surface area contributed by atoms with Gasteiger partial charge in [0, 0.05) is 18.7 Å². The molecule has 1 saturated carbocycles. The summed E-state index contributed by atoms with van der Waals surface area (Å²) >= 11 is 0. The summed E-state index contributed by atoms with van der Waals surface area (Å²) in [5, 5.41) is 13.6. The molecule has 2 rings (SSSR count). The molecule has 0 aromatic carbocycles. The van der Waals surface area contributed by atoms with Gasteiger partial charge in [0.05, 0.1) is 24.9 Å². The molecule has 1 heterocycles. The van der Waals surface area contributed by atoms with Crippen molar-refractivity contribution in [3.63, 3.8) is 0 Å². The van der Waals surface area contributed by atoms with Crippen LogP contribution in [0.2, 0.25) is 0 Å². The summed E-state index contributed by atoms with van der Waals surface area (Å²) in [6.45, 7) is 8.33. The molecule has 2 fully saturated rings. The molecule has 1 aliphatic carbocycles. The largest absolute Gasteiger partial charge is 0.389 e. The zero-order chi connectivity index (χ0) is 15.3. The lowest BCUT2D eigenvalue weighted by Crippen LogP contribution is -2.51. The molecule has 2 N–H and O–H groups in total. The molecule has 1 aliphatic heterocycles. The normalized spacial score (nSPS) is 38.6. The molecule has 0 amide bonds. The van der Waals surface area contributed by atoms with Gasteiger partial charge >= 0.3 is 0 Å². The summed E-state index contributed by atoms with van der Waals surface area (Å²) < 4.78 is 11.6. The fourth-order valence-corrected chi connectivity index (χ4v) is 3.57. The molecule has 2 aliphatic rings. The quantitative estimate of drug-likeness (QED) is 0.758. The maximum absolute atomic E-state index is 10.2. The van der Waals surface area contributed by atoms with Crippen LogP contribution >= 0.6 is 0 Å². The van der Waals surface area contributed by atoms with E-state index in [0.717, 1.165) is 19.4 Å². The Hall–Kier alpha value is -0.160. The predicted octanol–water partition coefficient (Wildman–Crippen LogP) is 2.49. The minimum atomic E-state index is -0.436. The van der Waals surface area contributed by atoms with Gasteiger partial charge in [0.25, 0.3) is 0 Å². The standard InChI is InChI=1S/C17H33NO3/c1-4-14-7-5-6-8-16(14)21-12-15(19)11-18-17(3)9-10-20-13(17)2/h13-16,18-19H,4-12H2,1-3H3. The van der Waals surface area contributed by atoms with E-state index in [4.69, 9.17) is 9.47 Å². The van der Waals surface area contributed by atoms with E-state index in [9.17, 15) is 5.11 Å². The van der Waals surface area contributed by atoms with E-state index in [1.165, 1.54) is 25.7 Å². The zero-order valence-electron chi connectivity index (χ0n) is 13.9. The highest BCUT2D eigenvalue weighted by atomic mass is 16.5. The lowest BCUT2D eigenvalue weighted by molar-refractivity contribution is -0.0518. The van der Waals surface area contributed by atoms with E-state index < -0.39 is 6.10 Å². The molecule has 4 heteroatoms. The third kappa shape index (κ3) is 4.65. The van der Waals surface area contributed by atoms with Crippen molar-refractivity contribution >= 4 is 0 Å². The minimum Gasteiger partial charge on any atom is -0.389 e. The van der Waals surface area contributed by atoms with E-state index in [1.807, 2.05) is 0 Å². The van der Waals surface area contributed by atoms with E-state index >= 15 is 0 Å². The molecule has 0 bridgehead atoms. The van der Waals surface area contributed by atoms with Crippen LogP contribution in [0.15, 0.2) is 0 Å². The van der Waals surface area contributed by atoms with Crippen molar-refractivity contribution in [2.45, 2.75) is 83.1 Å². The first kappa shape index (κ1) is 17.2. The summed E-state index contributed by atoms with van der Waals surface area (Å²) in [7, 11) is 0. The Morgan fingerprint density at radius 1 is 1.38 bits per heavy atom. The second kappa shape index (κ2) is 7.91. The molecule has 0 aromatic heterocycles. The van der Waals surface area contributed by atoms with Crippen molar-refractivity contribution in [1.82, 2.24) is 5.32 Å². The van der Waals surface area contributed by atoms with Crippen LogP contribution in [0.5, 0.6) is 0 Å². The topological polar surface area (TPSA) is 50.7 Å². The van der Waals surface area contributed by atoms with Crippen LogP contribution in [-0.4, -0.2) is 48.7 Å². The van der Waals surface area contributed by atoms with Gasteiger partial charge in [-0.2, -0.15) is 0 Å². The predicted molar refractivity (Wildman–Crippen MR) is 84.4 cm³/mol. The average Bonchev–Trinajstić information content (AvgIpc) is 2.83. The van der Waals surface area contributed by atoms with Crippen LogP contribution in [0.25, 0.3) is 0 Å².